The fraction of sp³-hybridized carbons (Fsp3) is 0.333. The average molecular weight is 290 g/mol. The van der Waals surface area contributed by atoms with Crippen molar-refractivity contribution in [2.24, 2.45) is 0 Å². The summed E-state index contributed by atoms with van der Waals surface area (Å²) in [6, 6.07) is 3.94. The molecule has 0 spiro atoms. The van der Waals surface area contributed by atoms with Crippen molar-refractivity contribution in [3.8, 4) is 0 Å². The zero-order chi connectivity index (χ0) is 12.6. The van der Waals surface area contributed by atoms with Crippen LogP contribution in [0.3, 0.4) is 0 Å². The fourth-order valence-corrected chi connectivity index (χ4v) is 3.50. The summed E-state index contributed by atoms with van der Waals surface area (Å²) in [4.78, 5) is 0. The molecule has 2 rings (SSSR count). The van der Waals surface area contributed by atoms with Gasteiger partial charge in [0.1, 0.15) is 11.5 Å². The number of hydrogen-bond acceptors (Lipinski definition) is 3. The molecular weight excluding hydrogens is 277 g/mol. The summed E-state index contributed by atoms with van der Waals surface area (Å²) in [6.45, 7) is 3.89. The maximum atomic E-state index is 6.19. The minimum absolute atomic E-state index is 0.0173. The number of nitrogens with one attached hydrogen (secondary N) is 1. The Kier molecular flexibility index (Phi) is 3.83. The number of furan rings is 1. The summed E-state index contributed by atoms with van der Waals surface area (Å²) in [5.41, 5.74) is 2.09. The lowest BCUT2D eigenvalue weighted by Gasteiger charge is -2.14. The predicted molar refractivity (Wildman–Crippen MR) is 73.4 cm³/mol. The quantitative estimate of drug-likeness (QED) is 0.895. The molecule has 2 heterocycles. The Balaban J connectivity index is 2.47. The summed E-state index contributed by atoms with van der Waals surface area (Å²) in [5, 5.41) is 3.25. The molecule has 0 aliphatic heterocycles. The van der Waals surface area contributed by atoms with E-state index in [1.54, 1.807) is 0 Å². The van der Waals surface area contributed by atoms with Crippen molar-refractivity contribution in [3.05, 3.63) is 43.5 Å². The molecule has 92 valence electrons. The molecular formula is C12H13Cl2NOS. The first-order valence-corrected chi connectivity index (χ1v) is 6.79. The van der Waals surface area contributed by atoms with E-state index in [4.69, 9.17) is 27.6 Å². The molecule has 0 radical (unpaired) electrons. The number of halogens is 2. The Morgan fingerprint density at radius 3 is 2.35 bits per heavy atom. The van der Waals surface area contributed by atoms with Crippen LogP contribution in [0.25, 0.3) is 0 Å². The van der Waals surface area contributed by atoms with Crippen molar-refractivity contribution < 1.29 is 4.42 Å². The van der Waals surface area contributed by atoms with Crippen molar-refractivity contribution in [1.29, 1.82) is 0 Å². The van der Waals surface area contributed by atoms with E-state index >= 15 is 0 Å². The molecule has 0 aromatic carbocycles. The summed E-state index contributed by atoms with van der Waals surface area (Å²) in [7, 11) is 1.90. The first-order chi connectivity index (χ1) is 8.02. The number of thiophene rings is 1. The van der Waals surface area contributed by atoms with E-state index < -0.39 is 0 Å². The smallest absolute Gasteiger partial charge is 0.106 e. The molecule has 1 atom stereocenters. The first kappa shape index (κ1) is 13.0. The molecule has 0 saturated carbocycles. The number of aryl methyl sites for hydroxylation is 2. The van der Waals surface area contributed by atoms with Crippen LogP contribution in [-0.4, -0.2) is 7.05 Å². The lowest BCUT2D eigenvalue weighted by molar-refractivity contribution is 0.497. The number of rotatable bonds is 3. The van der Waals surface area contributed by atoms with Gasteiger partial charge in [0, 0.05) is 11.1 Å². The minimum Gasteiger partial charge on any atom is -0.466 e. The van der Waals surface area contributed by atoms with E-state index in [2.05, 4.69) is 5.32 Å². The van der Waals surface area contributed by atoms with Crippen LogP contribution in [0.15, 0.2) is 16.5 Å². The molecule has 5 heteroatoms. The topological polar surface area (TPSA) is 25.2 Å². The van der Waals surface area contributed by atoms with Gasteiger partial charge in [-0.1, -0.05) is 23.2 Å². The molecule has 2 aromatic heterocycles. The van der Waals surface area contributed by atoms with Crippen molar-refractivity contribution in [2.75, 3.05) is 7.05 Å². The highest BCUT2D eigenvalue weighted by atomic mass is 35.5. The molecule has 0 fully saturated rings. The Hall–Kier alpha value is -0.480. The van der Waals surface area contributed by atoms with Crippen molar-refractivity contribution in [3.63, 3.8) is 0 Å². The Labute approximate surface area is 115 Å². The van der Waals surface area contributed by atoms with Gasteiger partial charge in [0.2, 0.25) is 0 Å². The van der Waals surface area contributed by atoms with E-state index in [-0.39, 0.29) is 6.04 Å². The van der Waals surface area contributed by atoms with E-state index in [1.807, 2.05) is 33.0 Å². The molecule has 0 aliphatic rings. The first-order valence-electron chi connectivity index (χ1n) is 5.22. The molecule has 1 unspecified atom stereocenters. The van der Waals surface area contributed by atoms with Crippen molar-refractivity contribution in [2.45, 2.75) is 19.9 Å². The van der Waals surface area contributed by atoms with Crippen LogP contribution in [0, 0.1) is 13.8 Å². The molecule has 2 aromatic rings. The van der Waals surface area contributed by atoms with Gasteiger partial charge in [0.15, 0.2) is 0 Å². The minimum atomic E-state index is 0.0173. The van der Waals surface area contributed by atoms with Gasteiger partial charge in [0.25, 0.3) is 0 Å². The molecule has 0 bridgehead atoms. The third-order valence-electron chi connectivity index (χ3n) is 2.67. The second-order valence-electron chi connectivity index (χ2n) is 3.87. The van der Waals surface area contributed by atoms with Crippen LogP contribution in [0.5, 0.6) is 0 Å². The van der Waals surface area contributed by atoms with Gasteiger partial charge in [-0.25, -0.2) is 0 Å². The third kappa shape index (κ3) is 2.52. The molecule has 0 aliphatic carbocycles. The van der Waals surface area contributed by atoms with Gasteiger partial charge < -0.3 is 9.73 Å². The average Bonchev–Trinajstić information content (AvgIpc) is 2.73. The lowest BCUT2D eigenvalue weighted by Crippen LogP contribution is -2.17. The fourth-order valence-electron chi connectivity index (χ4n) is 1.97. The molecule has 0 amide bonds. The van der Waals surface area contributed by atoms with Crippen LogP contribution < -0.4 is 5.32 Å². The van der Waals surface area contributed by atoms with Crippen molar-refractivity contribution in [1.82, 2.24) is 5.32 Å². The standard InChI is InChI=1S/C12H13Cl2NOS/c1-6-4-8(7(2)16-6)11(15-3)9-5-10(13)17-12(9)14/h4-5,11,15H,1-3H3. The monoisotopic (exact) mass is 289 g/mol. The molecule has 17 heavy (non-hydrogen) atoms. The van der Waals surface area contributed by atoms with Gasteiger partial charge in [-0.05, 0) is 33.0 Å². The Morgan fingerprint density at radius 1 is 1.24 bits per heavy atom. The lowest BCUT2D eigenvalue weighted by atomic mass is 10.0. The maximum absolute atomic E-state index is 6.19. The summed E-state index contributed by atoms with van der Waals surface area (Å²) < 4.78 is 6.97. The van der Waals surface area contributed by atoms with E-state index in [0.29, 0.717) is 8.67 Å². The third-order valence-corrected chi connectivity index (χ3v) is 4.19. The zero-order valence-corrected chi connectivity index (χ0v) is 12.1. The summed E-state index contributed by atoms with van der Waals surface area (Å²) >= 11 is 13.6. The summed E-state index contributed by atoms with van der Waals surface area (Å²) in [5.74, 6) is 1.80. The normalized spacial score (nSPS) is 13.0. The van der Waals surface area contributed by atoms with Gasteiger partial charge in [-0.15, -0.1) is 11.3 Å². The highest BCUT2D eigenvalue weighted by molar-refractivity contribution is 7.20. The maximum Gasteiger partial charge on any atom is 0.106 e. The van der Waals surface area contributed by atoms with E-state index in [9.17, 15) is 0 Å². The van der Waals surface area contributed by atoms with E-state index in [0.717, 1.165) is 22.6 Å². The van der Waals surface area contributed by atoms with Crippen LogP contribution in [0.4, 0.5) is 0 Å². The Morgan fingerprint density at radius 2 is 1.94 bits per heavy atom. The SMILES string of the molecule is CNC(c1cc(C)oc1C)c1cc(Cl)sc1Cl. The highest BCUT2D eigenvalue weighted by Gasteiger charge is 2.21. The predicted octanol–water partition coefficient (Wildman–Crippen LogP) is 4.57. The summed E-state index contributed by atoms with van der Waals surface area (Å²) in [6.07, 6.45) is 0. The van der Waals surface area contributed by atoms with Crippen molar-refractivity contribution >= 4 is 34.5 Å². The second kappa shape index (κ2) is 5.02. The van der Waals surface area contributed by atoms with Gasteiger partial charge in [-0.3, -0.25) is 0 Å². The largest absolute Gasteiger partial charge is 0.466 e. The molecule has 0 saturated heterocycles. The van der Waals surface area contributed by atoms with Crippen LogP contribution in [0.2, 0.25) is 8.67 Å². The van der Waals surface area contributed by atoms with E-state index in [1.165, 1.54) is 11.3 Å². The molecule has 2 nitrogen and oxygen atoms in total. The second-order valence-corrected chi connectivity index (χ2v) is 6.16. The highest BCUT2D eigenvalue weighted by Crippen LogP contribution is 2.38. The van der Waals surface area contributed by atoms with Gasteiger partial charge >= 0.3 is 0 Å². The van der Waals surface area contributed by atoms with Crippen LogP contribution in [-0.2, 0) is 0 Å². The zero-order valence-electron chi connectivity index (χ0n) is 9.80. The van der Waals surface area contributed by atoms with Crippen LogP contribution in [0.1, 0.15) is 28.7 Å². The Bertz CT molecular complexity index is 486. The van der Waals surface area contributed by atoms with Gasteiger partial charge in [0.05, 0.1) is 14.7 Å². The molecule has 1 N–H and O–H groups in total. The van der Waals surface area contributed by atoms with Gasteiger partial charge in [-0.2, -0.15) is 0 Å². The van der Waals surface area contributed by atoms with Crippen LogP contribution >= 0.6 is 34.5 Å². The number of hydrogen-bond donors (Lipinski definition) is 1.